The first-order chi connectivity index (χ1) is 11.5. The summed E-state index contributed by atoms with van der Waals surface area (Å²) < 4.78 is 27.6. The van der Waals surface area contributed by atoms with Crippen LogP contribution < -0.4 is 5.73 Å². The summed E-state index contributed by atoms with van der Waals surface area (Å²) in [5.41, 5.74) is 8.09. The molecule has 0 bridgehead atoms. The fourth-order valence-electron chi connectivity index (χ4n) is 2.38. The molecule has 0 atom stereocenters. The number of halogens is 3. The molecule has 0 amide bonds. The Kier molecular flexibility index (Phi) is 4.28. The number of aromatic nitrogens is 1. The second kappa shape index (κ2) is 6.38. The molecule has 6 heteroatoms. The number of hydrogen-bond acceptors (Lipinski definition) is 3. The Morgan fingerprint density at radius 1 is 1.00 bits per heavy atom. The Labute approximate surface area is 145 Å². The summed E-state index contributed by atoms with van der Waals surface area (Å²) in [5.74, 6) is -1.91. The molecule has 0 aliphatic rings. The second-order valence-corrected chi connectivity index (χ2v) is 5.89. The van der Waals surface area contributed by atoms with Crippen LogP contribution >= 0.6 is 15.9 Å². The smallest absolute Gasteiger partial charge is 0.159 e. The van der Waals surface area contributed by atoms with Gasteiger partial charge in [0.25, 0.3) is 0 Å². The van der Waals surface area contributed by atoms with Gasteiger partial charge in [0, 0.05) is 15.6 Å². The van der Waals surface area contributed by atoms with Crippen molar-refractivity contribution in [1.29, 1.82) is 5.26 Å². The quantitative estimate of drug-likeness (QED) is 0.681. The molecule has 2 aromatic carbocycles. The summed E-state index contributed by atoms with van der Waals surface area (Å²) in [4.78, 5) is 4.26. The van der Waals surface area contributed by atoms with Gasteiger partial charge in [-0.1, -0.05) is 40.2 Å². The van der Waals surface area contributed by atoms with Crippen LogP contribution in [0.3, 0.4) is 0 Å². The zero-order valence-electron chi connectivity index (χ0n) is 12.2. The van der Waals surface area contributed by atoms with E-state index in [4.69, 9.17) is 5.73 Å². The number of pyridine rings is 1. The molecule has 0 saturated carbocycles. The third-order valence-electron chi connectivity index (χ3n) is 3.54. The molecule has 1 aromatic heterocycles. The molecule has 0 unspecified atom stereocenters. The van der Waals surface area contributed by atoms with Gasteiger partial charge in [0.2, 0.25) is 0 Å². The summed E-state index contributed by atoms with van der Waals surface area (Å²) in [5, 5.41) is 9.35. The monoisotopic (exact) mass is 385 g/mol. The van der Waals surface area contributed by atoms with Gasteiger partial charge in [-0.25, -0.2) is 13.8 Å². The largest absolute Gasteiger partial charge is 0.383 e. The summed E-state index contributed by atoms with van der Waals surface area (Å²) in [6, 6.07) is 14.5. The Balaban J connectivity index is 2.27. The van der Waals surface area contributed by atoms with Gasteiger partial charge in [0.1, 0.15) is 17.5 Å². The van der Waals surface area contributed by atoms with Crippen LogP contribution in [0.25, 0.3) is 22.4 Å². The molecule has 3 rings (SSSR count). The maximum absolute atomic E-state index is 13.6. The van der Waals surface area contributed by atoms with Crippen molar-refractivity contribution < 1.29 is 8.78 Å². The van der Waals surface area contributed by atoms with Gasteiger partial charge >= 0.3 is 0 Å². The van der Waals surface area contributed by atoms with Gasteiger partial charge < -0.3 is 5.73 Å². The molecule has 2 N–H and O–H groups in total. The van der Waals surface area contributed by atoms with Crippen molar-refractivity contribution >= 4 is 21.7 Å². The number of anilines is 1. The van der Waals surface area contributed by atoms with Gasteiger partial charge in [0.15, 0.2) is 11.6 Å². The lowest BCUT2D eigenvalue weighted by Crippen LogP contribution is -2.00. The predicted octanol–water partition coefficient (Wildman–Crippen LogP) is 4.91. The van der Waals surface area contributed by atoms with Gasteiger partial charge in [-0.15, -0.1) is 0 Å². The molecule has 0 spiro atoms. The first-order valence-corrected chi connectivity index (χ1v) is 7.71. The zero-order chi connectivity index (χ0) is 17.3. The molecular formula is C18H10BrF2N3. The zero-order valence-corrected chi connectivity index (χ0v) is 13.8. The second-order valence-electron chi connectivity index (χ2n) is 5.04. The highest BCUT2D eigenvalue weighted by molar-refractivity contribution is 9.10. The normalized spacial score (nSPS) is 10.4. The minimum absolute atomic E-state index is 0.0329. The van der Waals surface area contributed by atoms with Crippen molar-refractivity contribution in [3.05, 3.63) is 70.2 Å². The van der Waals surface area contributed by atoms with E-state index in [9.17, 15) is 14.0 Å². The topological polar surface area (TPSA) is 62.7 Å². The fourth-order valence-corrected chi connectivity index (χ4v) is 2.87. The maximum Gasteiger partial charge on any atom is 0.159 e. The lowest BCUT2D eigenvalue weighted by atomic mass is 9.98. The first kappa shape index (κ1) is 16.1. The molecule has 0 radical (unpaired) electrons. The van der Waals surface area contributed by atoms with Crippen molar-refractivity contribution in [1.82, 2.24) is 4.98 Å². The van der Waals surface area contributed by atoms with E-state index in [2.05, 4.69) is 20.9 Å². The van der Waals surface area contributed by atoms with Crippen LogP contribution in [-0.2, 0) is 0 Å². The van der Waals surface area contributed by atoms with Crippen LogP contribution in [0.15, 0.2) is 53.0 Å². The third-order valence-corrected chi connectivity index (χ3v) is 4.23. The molecule has 0 saturated heterocycles. The number of nitriles is 1. The Bertz CT molecular complexity index is 980. The van der Waals surface area contributed by atoms with E-state index in [-0.39, 0.29) is 11.4 Å². The molecule has 0 aliphatic heterocycles. The lowest BCUT2D eigenvalue weighted by molar-refractivity contribution is 0.509. The van der Waals surface area contributed by atoms with E-state index < -0.39 is 11.6 Å². The summed E-state index contributed by atoms with van der Waals surface area (Å²) >= 11 is 3.44. The molecule has 0 aliphatic carbocycles. The van der Waals surface area contributed by atoms with E-state index in [1.54, 1.807) is 6.07 Å². The number of nitrogens with two attached hydrogens (primary N) is 1. The molecule has 0 fully saturated rings. The number of rotatable bonds is 2. The van der Waals surface area contributed by atoms with Crippen molar-refractivity contribution in [2.24, 2.45) is 0 Å². The minimum Gasteiger partial charge on any atom is -0.383 e. The first-order valence-electron chi connectivity index (χ1n) is 6.92. The SMILES string of the molecule is N#Cc1c(-c2ccc(F)c(F)c2)cc(-c2ccccc2Br)nc1N. The van der Waals surface area contributed by atoms with Crippen molar-refractivity contribution in [3.63, 3.8) is 0 Å². The molecule has 24 heavy (non-hydrogen) atoms. The summed E-state index contributed by atoms with van der Waals surface area (Å²) in [7, 11) is 0. The van der Waals surface area contributed by atoms with Gasteiger partial charge in [0.05, 0.1) is 5.69 Å². The molecular weight excluding hydrogens is 376 g/mol. The maximum atomic E-state index is 13.6. The van der Waals surface area contributed by atoms with Gasteiger partial charge in [-0.05, 0) is 29.8 Å². The highest BCUT2D eigenvalue weighted by Gasteiger charge is 2.16. The van der Waals surface area contributed by atoms with Crippen LogP contribution in [0.2, 0.25) is 0 Å². The van der Waals surface area contributed by atoms with Gasteiger partial charge in [-0.3, -0.25) is 0 Å². The van der Waals surface area contributed by atoms with E-state index in [1.807, 2.05) is 30.3 Å². The molecule has 1 heterocycles. The van der Waals surface area contributed by atoms with Crippen LogP contribution in [0, 0.1) is 23.0 Å². The molecule has 3 nitrogen and oxygen atoms in total. The summed E-state index contributed by atoms with van der Waals surface area (Å²) in [6.07, 6.45) is 0. The number of nitrogens with zero attached hydrogens (tertiary/aromatic N) is 2. The standard InChI is InChI=1S/C18H10BrF2N3/c19-14-4-2-1-3-11(14)17-8-12(13(9-22)18(23)24-17)10-5-6-15(20)16(21)7-10/h1-8H,(H2,23,24). The number of benzene rings is 2. The van der Waals surface area contributed by atoms with Crippen LogP contribution in [0.4, 0.5) is 14.6 Å². The average Bonchev–Trinajstić information content (AvgIpc) is 2.57. The molecule has 3 aromatic rings. The number of hydrogen-bond donors (Lipinski definition) is 1. The highest BCUT2D eigenvalue weighted by Crippen LogP contribution is 2.34. The average molecular weight is 386 g/mol. The van der Waals surface area contributed by atoms with Crippen LogP contribution in [-0.4, -0.2) is 4.98 Å². The Hall–Kier alpha value is -2.78. The van der Waals surface area contributed by atoms with Gasteiger partial charge in [-0.2, -0.15) is 5.26 Å². The molecule has 118 valence electrons. The predicted molar refractivity (Wildman–Crippen MR) is 91.9 cm³/mol. The Morgan fingerprint density at radius 2 is 1.75 bits per heavy atom. The summed E-state index contributed by atoms with van der Waals surface area (Å²) in [6.45, 7) is 0. The van der Waals surface area contributed by atoms with E-state index >= 15 is 0 Å². The third kappa shape index (κ3) is 2.86. The van der Waals surface area contributed by atoms with Crippen LogP contribution in [0.1, 0.15) is 5.56 Å². The van der Waals surface area contributed by atoms with E-state index in [0.717, 1.165) is 22.2 Å². The minimum atomic E-state index is -0.991. The fraction of sp³-hybridized carbons (Fsp3) is 0. The van der Waals surface area contributed by atoms with E-state index in [1.165, 1.54) is 6.07 Å². The van der Waals surface area contributed by atoms with Crippen molar-refractivity contribution in [2.75, 3.05) is 5.73 Å². The highest BCUT2D eigenvalue weighted by atomic mass is 79.9. The van der Waals surface area contributed by atoms with E-state index in [0.29, 0.717) is 16.8 Å². The van der Waals surface area contributed by atoms with Crippen LogP contribution in [0.5, 0.6) is 0 Å². The number of nitrogen functional groups attached to an aromatic ring is 1. The van der Waals surface area contributed by atoms with Crippen molar-refractivity contribution in [2.45, 2.75) is 0 Å². The van der Waals surface area contributed by atoms with Crippen molar-refractivity contribution in [3.8, 4) is 28.5 Å². The lowest BCUT2D eigenvalue weighted by Gasteiger charge is -2.11. The Morgan fingerprint density at radius 3 is 2.42 bits per heavy atom.